The van der Waals surface area contributed by atoms with Crippen molar-refractivity contribution >= 4 is 38.8 Å². The minimum absolute atomic E-state index is 0.0205. The van der Waals surface area contributed by atoms with Crippen LogP contribution in [0.25, 0.3) is 77.6 Å². The average Bonchev–Trinajstić information content (AvgIpc) is 1.58. The molecule has 1 aliphatic carbocycles. The minimum atomic E-state index is -5.42. The lowest BCUT2D eigenvalue weighted by atomic mass is 9.84. The number of nitrogens with zero attached hydrogens (tertiary/aromatic N) is 4. The van der Waals surface area contributed by atoms with Gasteiger partial charge in [0.25, 0.3) is 0 Å². The Morgan fingerprint density at radius 2 is 0.727 bits per heavy atom. The lowest BCUT2D eigenvalue weighted by molar-refractivity contribution is -0.144. The zero-order chi connectivity index (χ0) is 72.0. The maximum atomic E-state index is 14.5. The Morgan fingerprint density at radius 1 is 0.333 bits per heavy atom. The summed E-state index contributed by atoms with van der Waals surface area (Å²) in [4.78, 5) is 1.43. The van der Waals surface area contributed by atoms with E-state index in [1.807, 2.05) is 6.07 Å². The van der Waals surface area contributed by atoms with Gasteiger partial charge in [0, 0.05) is 33.5 Å². The first-order valence-electron chi connectivity index (χ1n) is 28.6. The molecule has 0 saturated carbocycles. The summed E-state index contributed by atoms with van der Waals surface area (Å²) in [5.41, 5.74) is -19.0. The van der Waals surface area contributed by atoms with Gasteiger partial charge in [0.1, 0.15) is 0 Å². The largest absolute Gasteiger partial charge is 0.416 e. The summed E-state index contributed by atoms with van der Waals surface area (Å²) in [6, 6.07) is 21.0. The fourth-order valence-electron chi connectivity index (χ4n) is 12.5. The van der Waals surface area contributed by atoms with Crippen molar-refractivity contribution in [3.05, 3.63) is 248 Å². The molecule has 4 nitrogen and oxygen atoms in total. The molecule has 10 aromatic rings. The quantitative estimate of drug-likeness (QED) is 0.149. The Bertz CT molecular complexity index is 4920. The number of halogens is 24. The molecule has 0 amide bonds. The van der Waals surface area contributed by atoms with Crippen LogP contribution in [0.4, 0.5) is 117 Å². The molecule has 2 heterocycles. The van der Waals surface area contributed by atoms with Crippen molar-refractivity contribution in [3.8, 4) is 62.3 Å². The lowest BCUT2D eigenvalue weighted by Crippen LogP contribution is -2.30. The zero-order valence-electron chi connectivity index (χ0n) is 49.3. The first-order valence-corrected chi connectivity index (χ1v) is 28.6. The van der Waals surface area contributed by atoms with E-state index in [2.05, 4.69) is 0 Å². The predicted molar refractivity (Wildman–Crippen MR) is 315 cm³/mol. The second kappa shape index (κ2) is 23.3. The van der Waals surface area contributed by atoms with Crippen molar-refractivity contribution in [3.63, 3.8) is 0 Å². The smallest absolute Gasteiger partial charge is 0.332 e. The van der Waals surface area contributed by atoms with Crippen molar-refractivity contribution < 1.29 is 105 Å². The summed E-state index contributed by atoms with van der Waals surface area (Å²) >= 11 is 0. The van der Waals surface area contributed by atoms with Gasteiger partial charge in [0.15, 0.2) is 0 Å². The van der Waals surface area contributed by atoms with Crippen molar-refractivity contribution in [2.45, 2.75) is 68.3 Å². The van der Waals surface area contributed by atoms with E-state index < -0.39 is 145 Å². The highest BCUT2D eigenvalue weighted by molar-refractivity contribution is 6.12. The van der Waals surface area contributed by atoms with Crippen LogP contribution in [0.5, 0.6) is 0 Å². The summed E-state index contributed by atoms with van der Waals surface area (Å²) < 4.78 is 347. The van der Waals surface area contributed by atoms with Gasteiger partial charge < -0.3 is 9.47 Å². The van der Waals surface area contributed by atoms with Gasteiger partial charge in [0.2, 0.25) is 0 Å². The fraction of sp³-hybridized carbons (Fsp3) is 0.155. The number of fused-ring (bicyclic) bond motifs is 6. The number of aromatic nitrogens is 1. The highest BCUT2D eigenvalue weighted by Crippen LogP contribution is 2.55. The van der Waals surface area contributed by atoms with E-state index in [-0.39, 0.29) is 96.0 Å². The first-order chi connectivity index (χ1) is 45.9. The molecule has 506 valence electrons. The highest BCUT2D eigenvalue weighted by atomic mass is 19.4. The number of benzene rings is 9. The van der Waals surface area contributed by atoms with Crippen molar-refractivity contribution in [1.82, 2.24) is 4.57 Å². The number of aryl methyl sites for hydroxylation is 1. The summed E-state index contributed by atoms with van der Waals surface area (Å²) in [5, 5.41) is 21.1. The maximum Gasteiger partial charge on any atom is 0.416 e. The van der Waals surface area contributed by atoms with Crippen LogP contribution in [0, 0.1) is 29.6 Å². The second-order valence-electron chi connectivity index (χ2n) is 23.3. The Balaban J connectivity index is 1.20. The van der Waals surface area contributed by atoms with Crippen LogP contribution in [0.2, 0.25) is 0 Å². The molecular weight excluding hydrogens is 1360 g/mol. The van der Waals surface area contributed by atoms with Crippen LogP contribution in [-0.4, -0.2) is 10.6 Å². The van der Waals surface area contributed by atoms with Crippen LogP contribution < -0.4 is 4.90 Å². The monoisotopic (exact) mass is 1400 g/mol. The van der Waals surface area contributed by atoms with E-state index in [1.165, 1.54) is 52.8 Å². The fourth-order valence-corrected chi connectivity index (χ4v) is 12.5. The number of hydrogen-bond acceptors (Lipinski definition) is 3. The Hall–Kier alpha value is -10.6. The summed E-state index contributed by atoms with van der Waals surface area (Å²) in [7, 11) is 0. The van der Waals surface area contributed by atoms with Crippen molar-refractivity contribution in [1.29, 1.82) is 10.5 Å². The van der Waals surface area contributed by atoms with Crippen LogP contribution in [0.3, 0.4) is 0 Å². The SMILES string of the molecule is Cc1cc(C2=CC3c4cc(-c5cc(C(F)(F)F)cc(C(F)(F)F)c5)ccc4N(c4cc(C#N)c(-c5ccc(C(F)(F)F)cc5C#N)cc4-n4c5ccc(-c6cc(C(F)(F)F)cc(C(F)(F)F)c6)cc5c5cc(-c6cc(C(F)(F)F)cc(C(F)(F)F)c6)ccc54)C3C=C2)cc(C(F)(F)F)c1. The zero-order valence-corrected chi connectivity index (χ0v) is 49.3. The molecule has 99 heavy (non-hydrogen) atoms. The third kappa shape index (κ3) is 12.9. The van der Waals surface area contributed by atoms with Gasteiger partial charge in [-0.25, -0.2) is 0 Å². The molecule has 28 heteroatoms. The van der Waals surface area contributed by atoms with Crippen LogP contribution >= 0.6 is 0 Å². The summed E-state index contributed by atoms with van der Waals surface area (Å²) in [6.07, 6.45) is -38.2. The number of rotatable bonds is 7. The van der Waals surface area contributed by atoms with Gasteiger partial charge in [-0.15, -0.1) is 0 Å². The van der Waals surface area contributed by atoms with E-state index in [9.17, 15) is 116 Å². The summed E-state index contributed by atoms with van der Waals surface area (Å²) in [5.74, 6) is -1.23. The molecule has 0 radical (unpaired) electrons. The van der Waals surface area contributed by atoms with E-state index in [4.69, 9.17) is 0 Å². The Morgan fingerprint density at radius 3 is 1.15 bits per heavy atom. The molecule has 2 atom stereocenters. The second-order valence-corrected chi connectivity index (χ2v) is 23.3. The average molecular weight is 1400 g/mol. The molecule has 0 saturated heterocycles. The summed E-state index contributed by atoms with van der Waals surface area (Å²) in [6.45, 7) is 1.35. The minimum Gasteiger partial charge on any atom is -0.332 e. The molecule has 0 spiro atoms. The molecular formula is C71H34F24N4. The van der Waals surface area contributed by atoms with E-state index in [0.29, 0.717) is 48.5 Å². The number of hydrogen-bond donors (Lipinski definition) is 0. The third-order valence-electron chi connectivity index (χ3n) is 16.9. The van der Waals surface area contributed by atoms with Gasteiger partial charge >= 0.3 is 49.4 Å². The third-order valence-corrected chi connectivity index (χ3v) is 16.9. The molecule has 1 aromatic heterocycles. The molecule has 1 aliphatic heterocycles. The van der Waals surface area contributed by atoms with Crippen molar-refractivity contribution in [2.75, 3.05) is 4.90 Å². The molecule has 0 N–H and O–H groups in total. The first kappa shape index (κ1) is 68.3. The Kier molecular flexibility index (Phi) is 16.0. The Labute approximate surface area is 541 Å². The standard InChI is InChI=1S/C71H34F24N4/c1-33-12-38(14-45(13-33)65(75,76)77)34-2-8-58-54(22-34)55-23-35(39-15-46(66(78,79)80)27-47(16-39)67(81,82)83)3-9-59(55)98(58)62-26-43(32-97)53(52-7-6-44(64(72,73)74)21-42(52)31-96)30-63(62)99-60-10-4-36(40-17-48(68(84,85)86)28-49(18-40)69(87,88)89)24-56(60)57-25-37(5-11-61(57)99)41-19-50(70(90,91)92)29-51(20-41)71(93,94)95/h2-30,54,58H,1H3. The molecule has 12 rings (SSSR count). The lowest BCUT2D eigenvalue weighted by Gasteiger charge is -2.32. The number of nitriles is 2. The number of alkyl halides is 24. The molecule has 2 aliphatic rings. The normalized spacial score (nSPS) is 15.5. The van der Waals surface area contributed by atoms with Gasteiger partial charge in [-0.2, -0.15) is 116 Å². The molecule has 9 aromatic carbocycles. The predicted octanol–water partition coefficient (Wildman–Crippen LogP) is 23.9. The van der Waals surface area contributed by atoms with Crippen molar-refractivity contribution in [2.24, 2.45) is 0 Å². The van der Waals surface area contributed by atoms with E-state index in [0.717, 1.165) is 72.8 Å². The maximum absolute atomic E-state index is 14.5. The number of allylic oxidation sites excluding steroid dienone is 2. The van der Waals surface area contributed by atoms with Gasteiger partial charge in [-0.3, -0.25) is 0 Å². The number of anilines is 2. The van der Waals surface area contributed by atoms with Gasteiger partial charge in [-0.05, 0) is 190 Å². The molecule has 0 bridgehead atoms. The topological polar surface area (TPSA) is 55.8 Å². The molecule has 2 unspecified atom stereocenters. The van der Waals surface area contributed by atoms with Gasteiger partial charge in [-0.1, -0.05) is 48.6 Å². The van der Waals surface area contributed by atoms with E-state index >= 15 is 0 Å². The van der Waals surface area contributed by atoms with Crippen LogP contribution in [0.1, 0.15) is 78.2 Å². The molecule has 0 fully saturated rings. The van der Waals surface area contributed by atoms with Crippen LogP contribution in [0.15, 0.2) is 176 Å². The highest BCUT2D eigenvalue weighted by Gasteiger charge is 2.44. The van der Waals surface area contributed by atoms with Crippen LogP contribution in [-0.2, 0) is 49.4 Å². The van der Waals surface area contributed by atoms with E-state index in [1.54, 1.807) is 6.07 Å². The van der Waals surface area contributed by atoms with Gasteiger partial charge in [0.05, 0.1) is 96.2 Å².